The molecular formula is C13H16ClN3O2S2. The summed E-state index contributed by atoms with van der Waals surface area (Å²) in [5, 5.41) is 0.725. The zero-order valence-electron chi connectivity index (χ0n) is 11.9. The van der Waals surface area contributed by atoms with Gasteiger partial charge in [0.25, 0.3) is 10.0 Å². The Morgan fingerprint density at radius 3 is 2.57 bits per heavy atom. The summed E-state index contributed by atoms with van der Waals surface area (Å²) in [5.41, 5.74) is 7.47. The topological polar surface area (TPSA) is 85.1 Å². The summed E-state index contributed by atoms with van der Waals surface area (Å²) in [6.07, 6.45) is 0.761. The summed E-state index contributed by atoms with van der Waals surface area (Å²) in [7, 11) is -3.73. The zero-order valence-corrected chi connectivity index (χ0v) is 14.3. The minimum atomic E-state index is -3.73. The molecule has 8 heteroatoms. The van der Waals surface area contributed by atoms with E-state index in [2.05, 4.69) is 9.71 Å². The lowest BCUT2D eigenvalue weighted by Crippen LogP contribution is -2.13. The predicted molar refractivity (Wildman–Crippen MR) is 87.6 cm³/mol. The predicted octanol–water partition coefficient (Wildman–Crippen LogP) is 3.36. The van der Waals surface area contributed by atoms with Gasteiger partial charge in [0.15, 0.2) is 5.13 Å². The normalized spacial score (nSPS) is 11.6. The van der Waals surface area contributed by atoms with Crippen LogP contribution in [-0.4, -0.2) is 13.4 Å². The van der Waals surface area contributed by atoms with E-state index in [1.807, 2.05) is 13.8 Å². The van der Waals surface area contributed by atoms with Crippen LogP contribution in [0, 0.1) is 13.8 Å². The van der Waals surface area contributed by atoms with Crippen LogP contribution in [0.2, 0.25) is 5.02 Å². The van der Waals surface area contributed by atoms with E-state index in [1.165, 1.54) is 23.5 Å². The highest BCUT2D eigenvalue weighted by atomic mass is 35.5. The van der Waals surface area contributed by atoms with Crippen LogP contribution < -0.4 is 10.5 Å². The molecular weight excluding hydrogens is 330 g/mol. The summed E-state index contributed by atoms with van der Waals surface area (Å²) in [6.45, 7) is 5.60. The van der Waals surface area contributed by atoms with Crippen molar-refractivity contribution < 1.29 is 8.42 Å². The van der Waals surface area contributed by atoms with E-state index in [-0.39, 0.29) is 10.6 Å². The van der Waals surface area contributed by atoms with Gasteiger partial charge in [-0.3, -0.25) is 4.72 Å². The molecule has 3 N–H and O–H groups in total. The van der Waals surface area contributed by atoms with Gasteiger partial charge in [0.1, 0.15) is 0 Å². The second-order valence-electron chi connectivity index (χ2n) is 4.62. The van der Waals surface area contributed by atoms with Crippen molar-refractivity contribution in [2.24, 2.45) is 0 Å². The van der Waals surface area contributed by atoms with E-state index in [0.29, 0.717) is 15.7 Å². The van der Waals surface area contributed by atoms with Gasteiger partial charge in [-0.2, -0.15) is 0 Å². The number of hydrogen-bond donors (Lipinski definition) is 2. The summed E-state index contributed by atoms with van der Waals surface area (Å²) in [6, 6.07) is 2.83. The fourth-order valence-electron chi connectivity index (χ4n) is 1.89. The van der Waals surface area contributed by atoms with Crippen molar-refractivity contribution >= 4 is 43.8 Å². The molecule has 1 heterocycles. The van der Waals surface area contributed by atoms with Gasteiger partial charge in [0.05, 0.1) is 21.3 Å². The monoisotopic (exact) mass is 345 g/mol. The summed E-state index contributed by atoms with van der Waals surface area (Å²) >= 11 is 7.27. The summed E-state index contributed by atoms with van der Waals surface area (Å²) in [5.74, 6) is 0. The molecule has 0 fully saturated rings. The molecule has 114 valence electrons. The van der Waals surface area contributed by atoms with Crippen LogP contribution in [0.5, 0.6) is 0 Å². The van der Waals surface area contributed by atoms with Crippen LogP contribution >= 0.6 is 22.9 Å². The first kappa shape index (κ1) is 16.1. The number of nitrogens with two attached hydrogens (primary N) is 1. The number of nitrogens with zero attached hydrogens (tertiary/aromatic N) is 1. The minimum Gasteiger partial charge on any atom is -0.397 e. The number of aryl methyl sites for hydroxylation is 3. The van der Waals surface area contributed by atoms with Gasteiger partial charge in [-0.1, -0.05) is 18.5 Å². The van der Waals surface area contributed by atoms with Crippen molar-refractivity contribution in [1.29, 1.82) is 0 Å². The smallest absolute Gasteiger partial charge is 0.263 e. The van der Waals surface area contributed by atoms with Crippen LogP contribution in [0.4, 0.5) is 10.8 Å². The number of thiazole rings is 1. The van der Waals surface area contributed by atoms with Crippen molar-refractivity contribution in [1.82, 2.24) is 4.98 Å². The fourth-order valence-corrected chi connectivity index (χ4v) is 4.26. The van der Waals surface area contributed by atoms with Gasteiger partial charge in [-0.25, -0.2) is 13.4 Å². The Balaban J connectivity index is 2.38. The van der Waals surface area contributed by atoms with Gasteiger partial charge in [0.2, 0.25) is 0 Å². The van der Waals surface area contributed by atoms with Crippen molar-refractivity contribution in [2.45, 2.75) is 32.1 Å². The van der Waals surface area contributed by atoms with Crippen molar-refractivity contribution in [3.8, 4) is 0 Å². The van der Waals surface area contributed by atoms with E-state index in [4.69, 9.17) is 17.3 Å². The van der Waals surface area contributed by atoms with Crippen LogP contribution in [0.3, 0.4) is 0 Å². The number of halogens is 1. The highest BCUT2D eigenvalue weighted by Crippen LogP contribution is 2.29. The Morgan fingerprint density at radius 1 is 1.38 bits per heavy atom. The molecule has 1 aromatic heterocycles. The first-order valence-electron chi connectivity index (χ1n) is 6.29. The van der Waals surface area contributed by atoms with Crippen LogP contribution in [0.15, 0.2) is 17.0 Å². The Kier molecular flexibility index (Phi) is 4.46. The number of nitrogens with one attached hydrogen (secondary N) is 1. The molecule has 2 aromatic rings. The van der Waals surface area contributed by atoms with Crippen molar-refractivity contribution in [3.63, 3.8) is 0 Å². The molecule has 2 rings (SSSR count). The lowest BCUT2D eigenvalue weighted by atomic mass is 10.2. The minimum absolute atomic E-state index is 0.0767. The first-order valence-corrected chi connectivity index (χ1v) is 8.97. The Bertz CT molecular complexity index is 762. The average molecular weight is 346 g/mol. The van der Waals surface area contributed by atoms with Crippen molar-refractivity contribution in [3.05, 3.63) is 33.3 Å². The van der Waals surface area contributed by atoms with Gasteiger partial charge in [-0.05, 0) is 38.0 Å². The molecule has 0 aliphatic rings. The standard InChI is InChI=1S/C13H16ClN3O2S2/c1-4-11-8(3)20-13(16-11)17-21(18,19)9-5-7(2)12(14)10(15)6-9/h5-6H,4,15H2,1-3H3,(H,16,17). The molecule has 0 amide bonds. The third-order valence-corrected chi connectivity index (χ3v) is 5.91. The largest absolute Gasteiger partial charge is 0.397 e. The van der Waals surface area contributed by atoms with Crippen LogP contribution in [-0.2, 0) is 16.4 Å². The summed E-state index contributed by atoms with van der Waals surface area (Å²) < 4.78 is 27.3. The lowest BCUT2D eigenvalue weighted by Gasteiger charge is -2.09. The molecule has 1 aromatic carbocycles. The maximum Gasteiger partial charge on any atom is 0.263 e. The number of rotatable bonds is 4. The molecule has 21 heavy (non-hydrogen) atoms. The Morgan fingerprint density at radius 2 is 2.05 bits per heavy atom. The van der Waals surface area contributed by atoms with Crippen molar-refractivity contribution in [2.75, 3.05) is 10.5 Å². The number of benzene rings is 1. The molecule has 0 aliphatic carbocycles. The number of sulfonamides is 1. The molecule has 0 bridgehead atoms. The van der Waals surface area contributed by atoms with E-state index < -0.39 is 10.0 Å². The van der Waals surface area contributed by atoms with Gasteiger partial charge in [0, 0.05) is 4.88 Å². The first-order chi connectivity index (χ1) is 9.74. The van der Waals surface area contributed by atoms with E-state index >= 15 is 0 Å². The molecule has 0 aliphatic heterocycles. The maximum absolute atomic E-state index is 12.4. The SMILES string of the molecule is CCc1nc(NS(=O)(=O)c2cc(C)c(Cl)c(N)c2)sc1C. The number of hydrogen-bond acceptors (Lipinski definition) is 5. The molecule has 0 saturated heterocycles. The second-order valence-corrected chi connectivity index (χ2v) is 7.89. The van der Waals surface area contributed by atoms with E-state index in [0.717, 1.165) is 17.0 Å². The third-order valence-electron chi connectivity index (χ3n) is 3.02. The number of nitrogen functional groups attached to an aromatic ring is 1. The highest BCUT2D eigenvalue weighted by Gasteiger charge is 2.19. The highest BCUT2D eigenvalue weighted by molar-refractivity contribution is 7.93. The fraction of sp³-hybridized carbons (Fsp3) is 0.308. The summed E-state index contributed by atoms with van der Waals surface area (Å²) in [4.78, 5) is 5.35. The van der Waals surface area contributed by atoms with Gasteiger partial charge < -0.3 is 5.73 Å². The third kappa shape index (κ3) is 3.30. The average Bonchev–Trinajstić information content (AvgIpc) is 2.74. The Hall–Kier alpha value is -1.31. The quantitative estimate of drug-likeness (QED) is 0.832. The molecule has 0 spiro atoms. The van der Waals surface area contributed by atoms with Crippen LogP contribution in [0.25, 0.3) is 0 Å². The molecule has 0 unspecified atom stereocenters. The van der Waals surface area contributed by atoms with Gasteiger partial charge in [-0.15, -0.1) is 11.3 Å². The molecule has 0 saturated carbocycles. The Labute approximate surface area is 133 Å². The lowest BCUT2D eigenvalue weighted by molar-refractivity contribution is 0.601. The molecule has 0 radical (unpaired) electrons. The molecule has 0 atom stereocenters. The number of aromatic nitrogens is 1. The number of anilines is 2. The maximum atomic E-state index is 12.4. The van der Waals surface area contributed by atoms with E-state index in [1.54, 1.807) is 6.92 Å². The van der Waals surface area contributed by atoms with Gasteiger partial charge >= 0.3 is 0 Å². The molecule has 5 nitrogen and oxygen atoms in total. The van der Waals surface area contributed by atoms with E-state index in [9.17, 15) is 8.42 Å². The second kappa shape index (κ2) is 5.82. The van der Waals surface area contributed by atoms with Crippen LogP contribution in [0.1, 0.15) is 23.1 Å². The zero-order chi connectivity index (χ0) is 15.8.